The molecular weight excluding hydrogens is 229 g/mol. The maximum absolute atomic E-state index is 13.3. The van der Waals surface area contributed by atoms with Crippen LogP contribution in [0.3, 0.4) is 0 Å². The molecule has 0 bridgehead atoms. The van der Waals surface area contributed by atoms with Crippen LogP contribution in [0.15, 0.2) is 60.8 Å². The molecular formula is C15H12FNO. The van der Waals surface area contributed by atoms with Crippen LogP contribution in [0.5, 0.6) is 0 Å². The molecule has 0 radical (unpaired) electrons. The van der Waals surface area contributed by atoms with Gasteiger partial charge in [-0.1, -0.05) is 42.5 Å². The van der Waals surface area contributed by atoms with E-state index in [0.717, 1.165) is 5.56 Å². The Kier molecular flexibility index (Phi) is 3.86. The van der Waals surface area contributed by atoms with Gasteiger partial charge in [0.15, 0.2) is 0 Å². The van der Waals surface area contributed by atoms with Crippen LogP contribution in [0.2, 0.25) is 0 Å². The van der Waals surface area contributed by atoms with E-state index in [4.69, 9.17) is 0 Å². The molecule has 0 saturated carbocycles. The molecule has 0 aliphatic carbocycles. The number of hydrogen-bond acceptors (Lipinski definition) is 1. The summed E-state index contributed by atoms with van der Waals surface area (Å²) in [6.45, 7) is 0. The lowest BCUT2D eigenvalue weighted by atomic mass is 10.2. The quantitative estimate of drug-likeness (QED) is 0.878. The number of carbonyl (C=O) groups excluding carboxylic acids is 1. The molecule has 2 rings (SSSR count). The van der Waals surface area contributed by atoms with Gasteiger partial charge in [0.2, 0.25) is 0 Å². The summed E-state index contributed by atoms with van der Waals surface area (Å²) in [4.78, 5) is 11.7. The van der Waals surface area contributed by atoms with Crippen LogP contribution >= 0.6 is 0 Å². The average molecular weight is 241 g/mol. The van der Waals surface area contributed by atoms with Crippen LogP contribution < -0.4 is 5.32 Å². The van der Waals surface area contributed by atoms with E-state index in [-0.39, 0.29) is 5.56 Å². The normalized spacial score (nSPS) is 10.5. The molecule has 0 heterocycles. The smallest absolute Gasteiger partial charge is 0.258 e. The Hall–Kier alpha value is -2.42. The number of halogens is 1. The fourth-order valence-electron chi connectivity index (χ4n) is 1.50. The number of rotatable bonds is 3. The molecule has 0 unspecified atom stereocenters. The zero-order valence-corrected chi connectivity index (χ0v) is 9.64. The number of nitrogens with one attached hydrogen (secondary N) is 1. The standard InChI is InChI=1S/C15H12FNO/c16-14-9-5-4-8-13(14)15(18)17-11-10-12-6-2-1-3-7-12/h1-11H,(H,17,18)/b11-10+. The number of carbonyl (C=O) groups is 1. The van der Waals surface area contributed by atoms with Gasteiger partial charge in [-0.2, -0.15) is 0 Å². The van der Waals surface area contributed by atoms with Crippen molar-refractivity contribution in [3.8, 4) is 0 Å². The average Bonchev–Trinajstić information content (AvgIpc) is 2.40. The second-order valence-electron chi connectivity index (χ2n) is 3.70. The lowest BCUT2D eigenvalue weighted by molar-refractivity contribution is 0.0966. The third-order valence-corrected chi connectivity index (χ3v) is 2.41. The summed E-state index contributed by atoms with van der Waals surface area (Å²) in [5.74, 6) is -0.983. The number of hydrogen-bond donors (Lipinski definition) is 1. The monoisotopic (exact) mass is 241 g/mol. The van der Waals surface area contributed by atoms with E-state index < -0.39 is 11.7 Å². The van der Waals surface area contributed by atoms with Gasteiger partial charge in [-0.3, -0.25) is 4.79 Å². The fourth-order valence-corrected chi connectivity index (χ4v) is 1.50. The topological polar surface area (TPSA) is 29.1 Å². The molecule has 0 aliphatic rings. The van der Waals surface area contributed by atoms with E-state index in [1.807, 2.05) is 30.3 Å². The molecule has 0 aromatic heterocycles. The molecule has 0 fully saturated rings. The minimum Gasteiger partial charge on any atom is -0.328 e. The van der Waals surface area contributed by atoms with Crippen molar-refractivity contribution in [2.45, 2.75) is 0 Å². The van der Waals surface area contributed by atoms with Crippen LogP contribution in [-0.4, -0.2) is 5.91 Å². The highest BCUT2D eigenvalue weighted by Crippen LogP contribution is 2.06. The first-order valence-electron chi connectivity index (χ1n) is 5.54. The summed E-state index contributed by atoms with van der Waals surface area (Å²) in [5, 5.41) is 2.53. The molecule has 0 atom stereocenters. The van der Waals surface area contributed by atoms with Crippen molar-refractivity contribution in [1.29, 1.82) is 0 Å². The van der Waals surface area contributed by atoms with E-state index in [9.17, 15) is 9.18 Å². The Morgan fingerprint density at radius 2 is 1.67 bits per heavy atom. The highest BCUT2D eigenvalue weighted by molar-refractivity contribution is 5.95. The van der Waals surface area contributed by atoms with Crippen LogP contribution in [0, 0.1) is 5.82 Å². The molecule has 0 spiro atoms. The first-order valence-corrected chi connectivity index (χ1v) is 5.54. The summed E-state index contributed by atoms with van der Waals surface area (Å²) in [6.07, 6.45) is 3.25. The highest BCUT2D eigenvalue weighted by Gasteiger charge is 2.08. The Balaban J connectivity index is 2.01. The lowest BCUT2D eigenvalue weighted by Crippen LogP contribution is -2.18. The molecule has 3 heteroatoms. The van der Waals surface area contributed by atoms with E-state index >= 15 is 0 Å². The van der Waals surface area contributed by atoms with Gasteiger partial charge in [0, 0.05) is 6.20 Å². The largest absolute Gasteiger partial charge is 0.328 e. The highest BCUT2D eigenvalue weighted by atomic mass is 19.1. The van der Waals surface area contributed by atoms with Crippen molar-refractivity contribution in [3.63, 3.8) is 0 Å². The van der Waals surface area contributed by atoms with Crippen LogP contribution in [0.1, 0.15) is 15.9 Å². The van der Waals surface area contributed by atoms with Crippen LogP contribution in [-0.2, 0) is 0 Å². The summed E-state index contributed by atoms with van der Waals surface area (Å²) in [5.41, 5.74) is 1.00. The Labute approximate surface area is 105 Å². The van der Waals surface area contributed by atoms with Crippen molar-refractivity contribution in [2.75, 3.05) is 0 Å². The van der Waals surface area contributed by atoms with Gasteiger partial charge in [-0.25, -0.2) is 4.39 Å². The summed E-state index contributed by atoms with van der Waals surface area (Å²) in [7, 11) is 0. The maximum atomic E-state index is 13.3. The van der Waals surface area contributed by atoms with Crippen molar-refractivity contribution < 1.29 is 9.18 Å². The molecule has 18 heavy (non-hydrogen) atoms. The molecule has 2 aromatic carbocycles. The first-order chi connectivity index (χ1) is 8.77. The van der Waals surface area contributed by atoms with Gasteiger partial charge in [0.25, 0.3) is 5.91 Å². The van der Waals surface area contributed by atoms with Gasteiger partial charge in [-0.05, 0) is 23.8 Å². The van der Waals surface area contributed by atoms with Crippen molar-refractivity contribution in [2.24, 2.45) is 0 Å². The fraction of sp³-hybridized carbons (Fsp3) is 0. The van der Waals surface area contributed by atoms with Crippen LogP contribution in [0.25, 0.3) is 6.08 Å². The Morgan fingerprint density at radius 1 is 1.00 bits per heavy atom. The predicted molar refractivity (Wildman–Crippen MR) is 69.3 cm³/mol. The molecule has 2 aromatic rings. The Morgan fingerprint density at radius 3 is 2.39 bits per heavy atom. The molecule has 1 N–H and O–H groups in total. The van der Waals surface area contributed by atoms with Gasteiger partial charge in [0.05, 0.1) is 5.56 Å². The molecule has 2 nitrogen and oxygen atoms in total. The second-order valence-corrected chi connectivity index (χ2v) is 3.70. The summed E-state index contributed by atoms with van der Waals surface area (Å²) >= 11 is 0. The summed E-state index contributed by atoms with van der Waals surface area (Å²) < 4.78 is 13.3. The third kappa shape index (κ3) is 3.04. The SMILES string of the molecule is O=C(N/C=C/c1ccccc1)c1ccccc1F. The predicted octanol–water partition coefficient (Wildman–Crippen LogP) is 3.23. The van der Waals surface area contributed by atoms with Gasteiger partial charge < -0.3 is 5.32 Å². The van der Waals surface area contributed by atoms with Gasteiger partial charge in [-0.15, -0.1) is 0 Å². The number of benzene rings is 2. The third-order valence-electron chi connectivity index (χ3n) is 2.41. The van der Waals surface area contributed by atoms with E-state index in [0.29, 0.717) is 0 Å². The zero-order valence-electron chi connectivity index (χ0n) is 9.64. The van der Waals surface area contributed by atoms with E-state index in [2.05, 4.69) is 5.32 Å². The number of amides is 1. The lowest BCUT2D eigenvalue weighted by Gasteiger charge is -2.01. The molecule has 0 aliphatic heterocycles. The van der Waals surface area contributed by atoms with Gasteiger partial charge >= 0.3 is 0 Å². The molecule has 90 valence electrons. The van der Waals surface area contributed by atoms with Crippen molar-refractivity contribution in [3.05, 3.63) is 77.7 Å². The van der Waals surface area contributed by atoms with Crippen molar-refractivity contribution >= 4 is 12.0 Å². The van der Waals surface area contributed by atoms with Crippen molar-refractivity contribution in [1.82, 2.24) is 5.32 Å². The van der Waals surface area contributed by atoms with Gasteiger partial charge in [0.1, 0.15) is 5.82 Å². The molecule has 0 saturated heterocycles. The van der Waals surface area contributed by atoms with E-state index in [1.165, 1.54) is 18.3 Å². The minimum atomic E-state index is -0.525. The summed E-state index contributed by atoms with van der Waals surface area (Å²) in [6, 6.07) is 15.4. The maximum Gasteiger partial charge on any atom is 0.258 e. The van der Waals surface area contributed by atoms with E-state index in [1.54, 1.807) is 18.2 Å². The second kappa shape index (κ2) is 5.77. The van der Waals surface area contributed by atoms with Crippen LogP contribution in [0.4, 0.5) is 4.39 Å². The molecule has 1 amide bonds. The minimum absolute atomic E-state index is 0.0372. The first kappa shape index (κ1) is 12.0. The zero-order chi connectivity index (χ0) is 12.8. The Bertz CT molecular complexity index is 564.